The molecule has 0 unspecified atom stereocenters. The van der Waals surface area contributed by atoms with Gasteiger partial charge in [0, 0.05) is 10.6 Å². The summed E-state index contributed by atoms with van der Waals surface area (Å²) in [4.78, 5) is 0.907. The lowest BCUT2D eigenvalue weighted by molar-refractivity contribution is 0.516. The maximum absolute atomic E-state index is 5.41. The molecule has 1 fully saturated rings. The van der Waals surface area contributed by atoms with Crippen LogP contribution in [0.25, 0.3) is 0 Å². The molecule has 0 atom stereocenters. The molecule has 2 rings (SSSR count). The molecule has 0 bridgehead atoms. The molecular weight excluding hydrogens is 216 g/mol. The Morgan fingerprint density at radius 3 is 2.50 bits per heavy atom. The Balaban J connectivity index is 0.000000160. The second-order valence-corrected chi connectivity index (χ2v) is 4.82. The molecule has 0 aromatic heterocycles. The number of nitrogens with two attached hydrogens (primary N) is 1. The van der Waals surface area contributed by atoms with Crippen LogP contribution in [-0.2, 0) is 0 Å². The van der Waals surface area contributed by atoms with Crippen molar-refractivity contribution >= 4 is 18.3 Å². The highest BCUT2D eigenvalue weighted by atomic mass is 32.1. The van der Waals surface area contributed by atoms with Crippen LogP contribution in [0.5, 0.6) is 0 Å². The molecule has 3 N–H and O–H groups in total. The molecule has 3 heteroatoms. The maximum atomic E-state index is 5.41. The van der Waals surface area contributed by atoms with Crippen molar-refractivity contribution in [3.05, 3.63) is 24.3 Å². The summed E-state index contributed by atoms with van der Waals surface area (Å²) in [7, 11) is 2.04. The van der Waals surface area contributed by atoms with Gasteiger partial charge < -0.3 is 11.1 Å². The molecule has 0 radical (unpaired) electrons. The Hall–Kier alpha value is -0.670. The van der Waals surface area contributed by atoms with Crippen molar-refractivity contribution in [3.8, 4) is 0 Å². The van der Waals surface area contributed by atoms with Gasteiger partial charge >= 0.3 is 0 Å². The van der Waals surface area contributed by atoms with E-state index in [-0.39, 0.29) is 0 Å². The van der Waals surface area contributed by atoms with E-state index in [4.69, 9.17) is 5.73 Å². The van der Waals surface area contributed by atoms with Gasteiger partial charge in [-0.3, -0.25) is 0 Å². The molecular formula is C13H22N2S. The zero-order valence-electron chi connectivity index (χ0n) is 9.95. The van der Waals surface area contributed by atoms with Gasteiger partial charge in [0.1, 0.15) is 0 Å². The van der Waals surface area contributed by atoms with Crippen LogP contribution in [-0.4, -0.2) is 13.6 Å². The van der Waals surface area contributed by atoms with Crippen LogP contribution >= 0.6 is 12.6 Å². The van der Waals surface area contributed by atoms with Crippen molar-refractivity contribution in [1.82, 2.24) is 5.32 Å². The van der Waals surface area contributed by atoms with Crippen molar-refractivity contribution in [2.75, 3.05) is 19.3 Å². The third kappa shape index (κ3) is 5.42. The maximum Gasteiger partial charge on any atom is 0.0325 e. The van der Waals surface area contributed by atoms with Gasteiger partial charge in [0.25, 0.3) is 0 Å². The Morgan fingerprint density at radius 2 is 2.06 bits per heavy atom. The molecule has 0 aliphatic heterocycles. The lowest BCUT2D eigenvalue weighted by Gasteiger charge is -2.04. The smallest absolute Gasteiger partial charge is 0.0325 e. The average Bonchev–Trinajstić information content (AvgIpc) is 2.71. The summed E-state index contributed by atoms with van der Waals surface area (Å²) in [5.41, 5.74) is 6.17. The average molecular weight is 238 g/mol. The van der Waals surface area contributed by atoms with Gasteiger partial charge in [0.05, 0.1) is 0 Å². The molecule has 1 aromatic carbocycles. The van der Waals surface area contributed by atoms with Crippen LogP contribution in [0, 0.1) is 5.92 Å². The predicted octanol–water partition coefficient (Wildman–Crippen LogP) is 2.95. The quantitative estimate of drug-likeness (QED) is 0.547. The highest BCUT2D eigenvalue weighted by molar-refractivity contribution is 7.80. The highest BCUT2D eigenvalue weighted by Gasteiger charge is 2.12. The molecule has 1 aliphatic carbocycles. The van der Waals surface area contributed by atoms with Crippen LogP contribution in [0.15, 0.2) is 29.2 Å². The molecule has 1 saturated carbocycles. The largest absolute Gasteiger partial charge is 0.399 e. The first kappa shape index (κ1) is 13.4. The summed E-state index contributed by atoms with van der Waals surface area (Å²) < 4.78 is 0. The van der Waals surface area contributed by atoms with Crippen LogP contribution < -0.4 is 11.1 Å². The minimum Gasteiger partial charge on any atom is -0.399 e. The molecule has 0 saturated heterocycles. The Labute approximate surface area is 104 Å². The van der Waals surface area contributed by atoms with Gasteiger partial charge in [0.15, 0.2) is 0 Å². The molecule has 0 heterocycles. The van der Waals surface area contributed by atoms with E-state index in [1.54, 1.807) is 0 Å². The lowest BCUT2D eigenvalue weighted by Crippen LogP contribution is -2.15. The van der Waals surface area contributed by atoms with Crippen LogP contribution in [0.2, 0.25) is 0 Å². The number of benzene rings is 1. The fourth-order valence-electron chi connectivity index (χ4n) is 2.03. The van der Waals surface area contributed by atoms with E-state index in [0.29, 0.717) is 0 Å². The third-order valence-corrected chi connectivity index (χ3v) is 3.12. The SMILES string of the molecule is CNCC1CCCC1.Nc1cccc(S)c1. The zero-order chi connectivity index (χ0) is 11.8. The van der Waals surface area contributed by atoms with E-state index in [2.05, 4.69) is 17.9 Å². The number of rotatable bonds is 2. The van der Waals surface area contributed by atoms with Crippen molar-refractivity contribution in [1.29, 1.82) is 0 Å². The second kappa shape index (κ2) is 7.58. The fourth-order valence-corrected chi connectivity index (χ4v) is 2.26. The first-order valence-electron chi connectivity index (χ1n) is 5.91. The van der Waals surface area contributed by atoms with E-state index in [1.807, 2.05) is 31.3 Å². The minimum absolute atomic E-state index is 0.762. The van der Waals surface area contributed by atoms with Crippen molar-refractivity contribution < 1.29 is 0 Å². The summed E-state index contributed by atoms with van der Waals surface area (Å²) in [6.07, 6.45) is 5.85. The zero-order valence-corrected chi connectivity index (χ0v) is 10.8. The van der Waals surface area contributed by atoms with E-state index in [0.717, 1.165) is 16.5 Å². The summed E-state index contributed by atoms with van der Waals surface area (Å²) in [6.45, 7) is 1.24. The van der Waals surface area contributed by atoms with Gasteiger partial charge in [-0.15, -0.1) is 12.6 Å². The van der Waals surface area contributed by atoms with Crippen LogP contribution in [0.3, 0.4) is 0 Å². The number of hydrogen-bond donors (Lipinski definition) is 3. The number of thiol groups is 1. The fraction of sp³-hybridized carbons (Fsp3) is 0.538. The van der Waals surface area contributed by atoms with Gasteiger partial charge in [-0.05, 0) is 50.6 Å². The normalized spacial score (nSPS) is 15.6. The lowest BCUT2D eigenvalue weighted by atomic mass is 10.1. The Kier molecular flexibility index (Phi) is 6.34. The molecule has 1 aromatic rings. The first-order valence-corrected chi connectivity index (χ1v) is 6.36. The van der Waals surface area contributed by atoms with E-state index < -0.39 is 0 Å². The number of nitrogen functional groups attached to an aromatic ring is 1. The molecule has 1 aliphatic rings. The van der Waals surface area contributed by atoms with E-state index >= 15 is 0 Å². The van der Waals surface area contributed by atoms with Gasteiger partial charge in [-0.25, -0.2) is 0 Å². The predicted molar refractivity (Wildman–Crippen MR) is 74.0 cm³/mol. The number of nitrogens with one attached hydrogen (secondary N) is 1. The second-order valence-electron chi connectivity index (χ2n) is 4.30. The van der Waals surface area contributed by atoms with Crippen molar-refractivity contribution in [2.45, 2.75) is 30.6 Å². The van der Waals surface area contributed by atoms with E-state index in [9.17, 15) is 0 Å². The molecule has 0 spiro atoms. The highest BCUT2D eigenvalue weighted by Crippen LogP contribution is 2.23. The summed E-state index contributed by atoms with van der Waals surface area (Å²) in [6, 6.07) is 7.40. The van der Waals surface area contributed by atoms with Gasteiger partial charge in [0.2, 0.25) is 0 Å². The molecule has 2 nitrogen and oxygen atoms in total. The van der Waals surface area contributed by atoms with Gasteiger partial charge in [-0.2, -0.15) is 0 Å². The van der Waals surface area contributed by atoms with Crippen molar-refractivity contribution in [3.63, 3.8) is 0 Å². The first-order chi connectivity index (χ1) is 7.72. The van der Waals surface area contributed by atoms with E-state index in [1.165, 1.54) is 32.2 Å². The van der Waals surface area contributed by atoms with Gasteiger partial charge in [-0.1, -0.05) is 18.9 Å². The Bertz CT molecular complexity index is 278. The minimum atomic E-state index is 0.762. The number of hydrogen-bond acceptors (Lipinski definition) is 3. The van der Waals surface area contributed by atoms with Crippen LogP contribution in [0.1, 0.15) is 25.7 Å². The third-order valence-electron chi connectivity index (χ3n) is 2.84. The summed E-state index contributed by atoms with van der Waals surface area (Å²) >= 11 is 4.07. The molecule has 90 valence electrons. The topological polar surface area (TPSA) is 38.0 Å². The monoisotopic (exact) mass is 238 g/mol. The summed E-state index contributed by atoms with van der Waals surface area (Å²) in [5.74, 6) is 1.000. The Morgan fingerprint density at radius 1 is 1.38 bits per heavy atom. The number of anilines is 1. The standard InChI is InChI=1S/C7H15N.C6H7NS/c1-8-6-7-4-2-3-5-7;7-5-2-1-3-6(8)4-5/h7-8H,2-6H2,1H3;1-4,8H,7H2. The van der Waals surface area contributed by atoms with Crippen LogP contribution in [0.4, 0.5) is 5.69 Å². The molecule has 0 amide bonds. The van der Waals surface area contributed by atoms with Crippen molar-refractivity contribution in [2.24, 2.45) is 5.92 Å². The molecule has 16 heavy (non-hydrogen) atoms. The summed E-state index contributed by atoms with van der Waals surface area (Å²) in [5, 5.41) is 3.21.